The van der Waals surface area contributed by atoms with Gasteiger partial charge in [-0.25, -0.2) is 9.18 Å². The van der Waals surface area contributed by atoms with Crippen molar-refractivity contribution in [2.24, 2.45) is 0 Å². The number of halogens is 1. The minimum absolute atomic E-state index is 0.0922. The molecule has 0 amide bonds. The molecule has 0 saturated heterocycles. The van der Waals surface area contributed by atoms with Crippen LogP contribution < -0.4 is 9.47 Å². The van der Waals surface area contributed by atoms with E-state index in [0.29, 0.717) is 5.56 Å². The minimum Gasteiger partial charge on any atom is -0.494 e. The Hall–Kier alpha value is -3.41. The first-order chi connectivity index (χ1) is 13.0. The summed E-state index contributed by atoms with van der Waals surface area (Å²) in [4.78, 5) is 24.4. The highest BCUT2D eigenvalue weighted by Gasteiger charge is 2.18. The van der Waals surface area contributed by atoms with Gasteiger partial charge in [-0.15, -0.1) is 0 Å². The highest BCUT2D eigenvalue weighted by molar-refractivity contribution is 5.99. The second kappa shape index (κ2) is 7.86. The number of methoxy groups -OCH3 is 2. The smallest absolute Gasteiger partial charge is 0.341 e. The van der Waals surface area contributed by atoms with Crippen molar-refractivity contribution in [2.75, 3.05) is 14.2 Å². The maximum absolute atomic E-state index is 13.8. The first-order valence-electron chi connectivity index (χ1n) is 8.16. The highest BCUT2D eigenvalue weighted by atomic mass is 19.1. The van der Waals surface area contributed by atoms with E-state index in [1.807, 2.05) is 24.3 Å². The number of carbonyl (C=O) groups is 2. The van der Waals surface area contributed by atoms with Crippen LogP contribution >= 0.6 is 0 Å². The van der Waals surface area contributed by atoms with Crippen LogP contribution in [0.3, 0.4) is 0 Å². The van der Waals surface area contributed by atoms with Crippen LogP contribution in [0.15, 0.2) is 54.6 Å². The van der Waals surface area contributed by atoms with Crippen molar-refractivity contribution in [1.29, 1.82) is 0 Å². The molecule has 3 aromatic carbocycles. The van der Waals surface area contributed by atoms with Crippen LogP contribution in [0.5, 0.6) is 11.5 Å². The fourth-order valence-corrected chi connectivity index (χ4v) is 2.72. The molecule has 0 unspecified atom stereocenters. The maximum Gasteiger partial charge on any atom is 0.341 e. The van der Waals surface area contributed by atoms with E-state index >= 15 is 0 Å². The standard InChI is InChI=1S/C21H17FO5/c1-25-18-8-7-13(9-17(18)22)10-20(23)27-19-12-15-6-4-3-5-14(15)11-16(19)21(24)26-2/h3-9,11-12H,10H2,1-2H3. The third kappa shape index (κ3) is 4.06. The lowest BCUT2D eigenvalue weighted by Crippen LogP contribution is -2.14. The minimum atomic E-state index is -0.625. The normalized spacial score (nSPS) is 10.5. The van der Waals surface area contributed by atoms with Crippen LogP contribution in [0.1, 0.15) is 15.9 Å². The number of carbonyl (C=O) groups excluding carboxylic acids is 2. The molecule has 3 aromatic rings. The Morgan fingerprint density at radius 3 is 2.26 bits per heavy atom. The summed E-state index contributed by atoms with van der Waals surface area (Å²) >= 11 is 0. The number of rotatable bonds is 5. The number of hydrogen-bond donors (Lipinski definition) is 0. The summed E-state index contributed by atoms with van der Waals surface area (Å²) in [5.41, 5.74) is 0.573. The van der Waals surface area contributed by atoms with Crippen molar-refractivity contribution in [2.45, 2.75) is 6.42 Å². The predicted molar refractivity (Wildman–Crippen MR) is 97.6 cm³/mol. The lowest BCUT2D eigenvalue weighted by atomic mass is 10.1. The first kappa shape index (κ1) is 18.4. The Kier molecular flexibility index (Phi) is 5.35. The van der Waals surface area contributed by atoms with Crippen molar-refractivity contribution >= 4 is 22.7 Å². The largest absolute Gasteiger partial charge is 0.494 e. The van der Waals surface area contributed by atoms with Crippen LogP contribution in [0.2, 0.25) is 0 Å². The summed E-state index contributed by atoms with van der Waals surface area (Å²) < 4.78 is 28.8. The van der Waals surface area contributed by atoms with Gasteiger partial charge in [0.2, 0.25) is 0 Å². The van der Waals surface area contributed by atoms with Gasteiger partial charge in [-0.05, 0) is 40.6 Å². The topological polar surface area (TPSA) is 61.8 Å². The first-order valence-corrected chi connectivity index (χ1v) is 8.16. The summed E-state index contributed by atoms with van der Waals surface area (Å²) in [6.45, 7) is 0. The molecule has 0 aliphatic rings. The molecule has 0 saturated carbocycles. The molecule has 5 nitrogen and oxygen atoms in total. The Morgan fingerprint density at radius 1 is 0.926 bits per heavy atom. The van der Waals surface area contributed by atoms with E-state index in [-0.39, 0.29) is 23.5 Å². The molecule has 0 aromatic heterocycles. The zero-order chi connectivity index (χ0) is 19.4. The van der Waals surface area contributed by atoms with E-state index in [0.717, 1.165) is 10.8 Å². The van der Waals surface area contributed by atoms with Crippen molar-refractivity contribution < 1.29 is 28.2 Å². The molecule has 27 heavy (non-hydrogen) atoms. The second-order valence-corrected chi connectivity index (χ2v) is 5.81. The SMILES string of the molecule is COC(=O)c1cc2ccccc2cc1OC(=O)Cc1ccc(OC)c(F)c1. The Bertz CT molecular complexity index is 1010. The van der Waals surface area contributed by atoms with E-state index < -0.39 is 17.8 Å². The van der Waals surface area contributed by atoms with Gasteiger partial charge in [0.1, 0.15) is 11.3 Å². The third-order valence-corrected chi connectivity index (χ3v) is 4.04. The predicted octanol–water partition coefficient (Wildman–Crippen LogP) is 3.92. The van der Waals surface area contributed by atoms with Gasteiger partial charge in [-0.2, -0.15) is 0 Å². The molecule has 0 radical (unpaired) electrons. The molecule has 0 atom stereocenters. The molecule has 0 aliphatic carbocycles. The average molecular weight is 368 g/mol. The van der Waals surface area contributed by atoms with Crippen molar-refractivity contribution in [3.05, 3.63) is 71.5 Å². The molecule has 0 N–H and O–H groups in total. The fraction of sp³-hybridized carbons (Fsp3) is 0.143. The molecule has 138 valence electrons. The Balaban J connectivity index is 1.87. The summed E-state index contributed by atoms with van der Waals surface area (Å²) in [5, 5.41) is 1.62. The molecule has 3 rings (SSSR count). The van der Waals surface area contributed by atoms with Crippen molar-refractivity contribution in [3.63, 3.8) is 0 Å². The van der Waals surface area contributed by atoms with E-state index in [2.05, 4.69) is 0 Å². The number of fused-ring (bicyclic) bond motifs is 1. The lowest BCUT2D eigenvalue weighted by Gasteiger charge is -2.11. The molecule has 0 aliphatic heterocycles. The Morgan fingerprint density at radius 2 is 1.63 bits per heavy atom. The zero-order valence-corrected chi connectivity index (χ0v) is 14.8. The average Bonchev–Trinajstić information content (AvgIpc) is 2.67. The summed E-state index contributed by atoms with van der Waals surface area (Å²) in [7, 11) is 2.61. The van der Waals surface area contributed by atoms with Crippen LogP contribution in [-0.2, 0) is 16.0 Å². The maximum atomic E-state index is 13.8. The van der Waals surface area contributed by atoms with Gasteiger partial charge in [0.05, 0.1) is 20.6 Å². The summed E-state index contributed by atoms with van der Waals surface area (Å²) in [6.07, 6.45) is -0.158. The molecule has 0 heterocycles. The lowest BCUT2D eigenvalue weighted by molar-refractivity contribution is -0.133. The molecule has 0 fully saturated rings. The molecule has 6 heteroatoms. The second-order valence-electron chi connectivity index (χ2n) is 5.81. The van der Waals surface area contributed by atoms with E-state index in [1.165, 1.54) is 26.4 Å². The van der Waals surface area contributed by atoms with Crippen molar-refractivity contribution in [1.82, 2.24) is 0 Å². The van der Waals surface area contributed by atoms with Crippen molar-refractivity contribution in [3.8, 4) is 11.5 Å². The van der Waals surface area contributed by atoms with Crippen LogP contribution in [-0.4, -0.2) is 26.2 Å². The fourth-order valence-electron chi connectivity index (χ4n) is 2.72. The molecule has 0 bridgehead atoms. The van der Waals surface area contributed by atoms with Crippen LogP contribution in [0.4, 0.5) is 4.39 Å². The van der Waals surface area contributed by atoms with E-state index in [4.69, 9.17) is 14.2 Å². The summed E-state index contributed by atoms with van der Waals surface area (Å²) in [6, 6.07) is 14.8. The van der Waals surface area contributed by atoms with Crippen LogP contribution in [0, 0.1) is 5.82 Å². The number of benzene rings is 3. The van der Waals surface area contributed by atoms with Gasteiger partial charge in [0.15, 0.2) is 11.6 Å². The zero-order valence-electron chi connectivity index (χ0n) is 14.8. The highest BCUT2D eigenvalue weighted by Crippen LogP contribution is 2.27. The molecular formula is C21H17FO5. The van der Waals surface area contributed by atoms with Gasteiger partial charge >= 0.3 is 11.9 Å². The third-order valence-electron chi connectivity index (χ3n) is 4.04. The van der Waals surface area contributed by atoms with E-state index in [1.54, 1.807) is 18.2 Å². The van der Waals surface area contributed by atoms with Gasteiger partial charge in [0.25, 0.3) is 0 Å². The van der Waals surface area contributed by atoms with Gasteiger partial charge in [0, 0.05) is 0 Å². The summed E-state index contributed by atoms with van der Waals surface area (Å²) in [5.74, 6) is -1.61. The Labute approximate surface area is 155 Å². The number of ether oxygens (including phenoxy) is 3. The molecule has 0 spiro atoms. The number of esters is 2. The van der Waals surface area contributed by atoms with Gasteiger partial charge < -0.3 is 14.2 Å². The number of hydrogen-bond acceptors (Lipinski definition) is 5. The van der Waals surface area contributed by atoms with Crippen LogP contribution in [0.25, 0.3) is 10.8 Å². The monoisotopic (exact) mass is 368 g/mol. The quantitative estimate of drug-likeness (QED) is 0.505. The molecular weight excluding hydrogens is 351 g/mol. The van der Waals surface area contributed by atoms with Gasteiger partial charge in [-0.1, -0.05) is 30.3 Å². The van der Waals surface area contributed by atoms with E-state index in [9.17, 15) is 14.0 Å². The van der Waals surface area contributed by atoms with Gasteiger partial charge in [-0.3, -0.25) is 4.79 Å².